The van der Waals surface area contributed by atoms with Crippen LogP contribution in [0.1, 0.15) is 12.3 Å². The first kappa shape index (κ1) is 10.4. The van der Waals surface area contributed by atoms with Crippen LogP contribution in [0.15, 0.2) is 4.52 Å². The molecule has 1 aliphatic rings. The van der Waals surface area contributed by atoms with Crippen molar-refractivity contribution < 1.29 is 9.26 Å². The van der Waals surface area contributed by atoms with Gasteiger partial charge in [0.1, 0.15) is 0 Å². The van der Waals surface area contributed by atoms with E-state index in [-0.39, 0.29) is 0 Å². The SMILES string of the molecule is CN(C)c1noc(CNC2CCOC2)n1. The van der Waals surface area contributed by atoms with E-state index in [0.29, 0.717) is 24.4 Å². The van der Waals surface area contributed by atoms with E-state index < -0.39 is 0 Å². The van der Waals surface area contributed by atoms with Crippen molar-refractivity contribution in [2.45, 2.75) is 19.0 Å². The summed E-state index contributed by atoms with van der Waals surface area (Å²) in [7, 11) is 3.76. The topological polar surface area (TPSA) is 63.4 Å². The van der Waals surface area contributed by atoms with E-state index in [2.05, 4.69) is 15.5 Å². The van der Waals surface area contributed by atoms with Gasteiger partial charge in [0.2, 0.25) is 5.89 Å². The van der Waals surface area contributed by atoms with Gasteiger partial charge in [0.25, 0.3) is 5.95 Å². The molecule has 0 saturated carbocycles. The molecule has 0 spiro atoms. The maximum Gasteiger partial charge on any atom is 0.265 e. The molecule has 0 radical (unpaired) electrons. The van der Waals surface area contributed by atoms with Crippen LogP contribution in [-0.4, -0.2) is 43.5 Å². The van der Waals surface area contributed by atoms with Gasteiger partial charge in [-0.3, -0.25) is 0 Å². The van der Waals surface area contributed by atoms with Crippen LogP contribution in [0.3, 0.4) is 0 Å². The third-order valence-corrected chi connectivity index (χ3v) is 2.33. The average Bonchev–Trinajstić information content (AvgIpc) is 2.86. The zero-order chi connectivity index (χ0) is 10.7. The van der Waals surface area contributed by atoms with Crippen molar-refractivity contribution >= 4 is 5.95 Å². The van der Waals surface area contributed by atoms with Gasteiger partial charge in [-0.1, -0.05) is 0 Å². The van der Waals surface area contributed by atoms with Crippen molar-refractivity contribution in [3.05, 3.63) is 5.89 Å². The highest BCUT2D eigenvalue weighted by molar-refractivity contribution is 5.23. The third kappa shape index (κ3) is 2.66. The highest BCUT2D eigenvalue weighted by atomic mass is 16.5. The normalized spacial score (nSPS) is 20.8. The Morgan fingerprint density at radius 3 is 3.00 bits per heavy atom. The van der Waals surface area contributed by atoms with Gasteiger partial charge < -0.3 is 19.5 Å². The average molecular weight is 212 g/mol. The Morgan fingerprint density at radius 1 is 1.53 bits per heavy atom. The van der Waals surface area contributed by atoms with Gasteiger partial charge in [-0.2, -0.15) is 4.98 Å². The number of ether oxygens (including phenoxy) is 1. The lowest BCUT2D eigenvalue weighted by Gasteiger charge is -2.06. The van der Waals surface area contributed by atoms with Gasteiger partial charge in [0.15, 0.2) is 0 Å². The van der Waals surface area contributed by atoms with Crippen molar-refractivity contribution in [3.8, 4) is 0 Å². The maximum atomic E-state index is 5.25. The van der Waals surface area contributed by atoms with E-state index in [1.165, 1.54) is 0 Å². The zero-order valence-electron chi connectivity index (χ0n) is 9.06. The van der Waals surface area contributed by atoms with E-state index in [9.17, 15) is 0 Å². The molecule has 1 aromatic rings. The second kappa shape index (κ2) is 4.59. The highest BCUT2D eigenvalue weighted by Gasteiger charge is 2.16. The summed E-state index contributed by atoms with van der Waals surface area (Å²) in [5.41, 5.74) is 0. The second-order valence-electron chi connectivity index (χ2n) is 3.82. The first-order valence-electron chi connectivity index (χ1n) is 5.07. The Hall–Kier alpha value is -1.14. The zero-order valence-corrected chi connectivity index (χ0v) is 9.06. The summed E-state index contributed by atoms with van der Waals surface area (Å²) in [4.78, 5) is 6.03. The first-order valence-corrected chi connectivity index (χ1v) is 5.07. The summed E-state index contributed by atoms with van der Waals surface area (Å²) in [6, 6.07) is 0.416. The Balaban J connectivity index is 1.82. The van der Waals surface area contributed by atoms with Crippen LogP contribution < -0.4 is 10.2 Å². The number of nitrogens with one attached hydrogen (secondary N) is 1. The minimum atomic E-state index is 0.416. The van der Waals surface area contributed by atoms with Gasteiger partial charge >= 0.3 is 0 Å². The van der Waals surface area contributed by atoms with Crippen molar-refractivity contribution in [3.63, 3.8) is 0 Å². The molecule has 0 aliphatic carbocycles. The van der Waals surface area contributed by atoms with Crippen LogP contribution in [0.2, 0.25) is 0 Å². The Labute approximate surface area is 88.6 Å². The summed E-state index contributed by atoms with van der Waals surface area (Å²) in [6.45, 7) is 2.22. The van der Waals surface area contributed by atoms with Crippen LogP contribution in [-0.2, 0) is 11.3 Å². The monoisotopic (exact) mass is 212 g/mol. The molecular weight excluding hydrogens is 196 g/mol. The van der Waals surface area contributed by atoms with E-state index in [1.54, 1.807) is 0 Å². The third-order valence-electron chi connectivity index (χ3n) is 2.33. The fourth-order valence-corrected chi connectivity index (χ4v) is 1.43. The van der Waals surface area contributed by atoms with Gasteiger partial charge in [-0.05, 0) is 11.6 Å². The summed E-state index contributed by atoms with van der Waals surface area (Å²) in [6.07, 6.45) is 1.05. The maximum absolute atomic E-state index is 5.25. The predicted molar refractivity (Wildman–Crippen MR) is 54.7 cm³/mol. The highest BCUT2D eigenvalue weighted by Crippen LogP contribution is 2.07. The lowest BCUT2D eigenvalue weighted by molar-refractivity contribution is 0.189. The van der Waals surface area contributed by atoms with E-state index in [0.717, 1.165) is 19.6 Å². The summed E-state index contributed by atoms with van der Waals surface area (Å²) in [5, 5.41) is 7.14. The Kier molecular flexibility index (Phi) is 3.17. The number of rotatable bonds is 4. The van der Waals surface area contributed by atoms with E-state index in [4.69, 9.17) is 9.26 Å². The molecule has 0 aromatic carbocycles. The van der Waals surface area contributed by atoms with Crippen LogP contribution in [0.4, 0.5) is 5.95 Å². The fraction of sp³-hybridized carbons (Fsp3) is 0.778. The Bertz CT molecular complexity index is 307. The standard InChI is InChI=1S/C9H16N4O2/c1-13(2)9-11-8(15-12-9)5-10-7-3-4-14-6-7/h7,10H,3-6H2,1-2H3. The molecule has 84 valence electrons. The molecular formula is C9H16N4O2. The molecule has 1 atom stereocenters. The summed E-state index contributed by atoms with van der Waals surface area (Å²) in [5.74, 6) is 1.22. The number of hydrogen-bond acceptors (Lipinski definition) is 6. The van der Waals surface area contributed by atoms with Crippen LogP contribution in [0.5, 0.6) is 0 Å². The molecule has 15 heavy (non-hydrogen) atoms. The molecule has 1 fully saturated rings. The van der Waals surface area contributed by atoms with Crippen molar-refractivity contribution in [1.82, 2.24) is 15.5 Å². The molecule has 6 nitrogen and oxygen atoms in total. The number of hydrogen-bond donors (Lipinski definition) is 1. The first-order chi connectivity index (χ1) is 7.25. The minimum Gasteiger partial charge on any atom is -0.380 e. The molecule has 2 heterocycles. The summed E-state index contributed by atoms with van der Waals surface area (Å²) >= 11 is 0. The largest absolute Gasteiger partial charge is 0.380 e. The van der Waals surface area contributed by atoms with E-state index in [1.807, 2.05) is 19.0 Å². The van der Waals surface area contributed by atoms with Crippen molar-refractivity contribution in [2.24, 2.45) is 0 Å². The van der Waals surface area contributed by atoms with Crippen molar-refractivity contribution in [1.29, 1.82) is 0 Å². The second-order valence-corrected chi connectivity index (χ2v) is 3.82. The molecule has 1 N–H and O–H groups in total. The molecule has 1 unspecified atom stereocenters. The molecule has 1 aromatic heterocycles. The lowest BCUT2D eigenvalue weighted by atomic mass is 10.3. The quantitative estimate of drug-likeness (QED) is 0.758. The van der Waals surface area contributed by atoms with Crippen LogP contribution >= 0.6 is 0 Å². The fourth-order valence-electron chi connectivity index (χ4n) is 1.43. The number of anilines is 1. The van der Waals surface area contributed by atoms with E-state index >= 15 is 0 Å². The number of nitrogens with zero attached hydrogens (tertiary/aromatic N) is 3. The lowest BCUT2D eigenvalue weighted by Crippen LogP contribution is -2.28. The molecule has 1 saturated heterocycles. The van der Waals surface area contributed by atoms with Crippen LogP contribution in [0, 0.1) is 0 Å². The molecule has 6 heteroatoms. The molecule has 0 amide bonds. The molecule has 1 aliphatic heterocycles. The smallest absolute Gasteiger partial charge is 0.265 e. The van der Waals surface area contributed by atoms with Gasteiger partial charge in [-0.25, -0.2) is 0 Å². The molecule has 0 bridgehead atoms. The number of aromatic nitrogens is 2. The van der Waals surface area contributed by atoms with Crippen molar-refractivity contribution in [2.75, 3.05) is 32.2 Å². The summed E-state index contributed by atoms with van der Waals surface area (Å²) < 4.78 is 10.3. The molecule has 2 rings (SSSR count). The van der Waals surface area contributed by atoms with Gasteiger partial charge in [-0.15, -0.1) is 0 Å². The predicted octanol–water partition coefficient (Wildman–Crippen LogP) is 0.0141. The Morgan fingerprint density at radius 2 is 2.40 bits per heavy atom. The minimum absolute atomic E-state index is 0.416. The van der Waals surface area contributed by atoms with Gasteiger partial charge in [0, 0.05) is 26.7 Å². The van der Waals surface area contributed by atoms with Crippen LogP contribution in [0.25, 0.3) is 0 Å². The van der Waals surface area contributed by atoms with Gasteiger partial charge in [0.05, 0.1) is 13.2 Å².